The molecular formula is C28H26FN3OS. The molecule has 0 amide bonds. The van der Waals surface area contributed by atoms with E-state index >= 15 is 0 Å². The van der Waals surface area contributed by atoms with E-state index in [2.05, 4.69) is 22.3 Å². The first-order chi connectivity index (χ1) is 16.7. The number of thioether (sulfide) groups is 1. The Morgan fingerprint density at radius 3 is 2.29 bits per heavy atom. The molecule has 0 radical (unpaired) electrons. The van der Waals surface area contributed by atoms with Crippen LogP contribution >= 0.6 is 11.8 Å². The largest absolute Gasteiger partial charge is 0.293 e. The Labute approximate surface area is 203 Å². The van der Waals surface area contributed by atoms with Gasteiger partial charge in [-0.3, -0.25) is 9.36 Å². The second-order valence-corrected chi connectivity index (χ2v) is 9.60. The molecule has 3 aromatic carbocycles. The number of hydrogen-bond acceptors (Lipinski definition) is 4. The average Bonchev–Trinajstić information content (AvgIpc) is 3.33. The second-order valence-electron chi connectivity index (χ2n) is 8.65. The summed E-state index contributed by atoms with van der Waals surface area (Å²) in [6.45, 7) is 0. The second kappa shape index (κ2) is 10.3. The maximum Gasteiger partial charge on any atom is 0.196 e. The van der Waals surface area contributed by atoms with Gasteiger partial charge in [0.15, 0.2) is 16.8 Å². The van der Waals surface area contributed by atoms with Gasteiger partial charge in [0.25, 0.3) is 0 Å². The normalized spacial score (nSPS) is 14.3. The Hall–Kier alpha value is -3.25. The van der Waals surface area contributed by atoms with Crippen LogP contribution in [0.5, 0.6) is 0 Å². The number of Topliss-reactive ketones (excluding diaryl/α,β-unsaturated/α-hetero) is 1. The molecular weight excluding hydrogens is 445 g/mol. The fourth-order valence-corrected chi connectivity index (χ4v) is 5.40. The van der Waals surface area contributed by atoms with E-state index in [1.807, 2.05) is 47.0 Å². The Morgan fingerprint density at radius 2 is 1.59 bits per heavy atom. The molecule has 0 unspecified atom stereocenters. The number of hydrogen-bond donors (Lipinski definition) is 0. The molecule has 0 saturated heterocycles. The summed E-state index contributed by atoms with van der Waals surface area (Å²) in [5, 5.41) is 9.34. The maximum absolute atomic E-state index is 13.6. The number of halogens is 1. The van der Waals surface area contributed by atoms with E-state index in [1.165, 1.54) is 61.6 Å². The fraction of sp³-hybridized carbons (Fsp3) is 0.250. The number of ketones is 1. The summed E-state index contributed by atoms with van der Waals surface area (Å²) in [5.74, 6) is 1.27. The highest BCUT2D eigenvalue weighted by molar-refractivity contribution is 7.99. The predicted molar refractivity (Wildman–Crippen MR) is 134 cm³/mol. The maximum atomic E-state index is 13.6. The van der Waals surface area contributed by atoms with Crippen molar-refractivity contribution in [2.24, 2.45) is 0 Å². The number of carbonyl (C=O) groups is 1. The third kappa shape index (κ3) is 4.97. The lowest BCUT2D eigenvalue weighted by molar-refractivity contribution is 0.102. The minimum absolute atomic E-state index is 0.0510. The van der Waals surface area contributed by atoms with Crippen molar-refractivity contribution in [2.75, 3.05) is 5.75 Å². The predicted octanol–water partition coefficient (Wildman–Crippen LogP) is 7.10. The van der Waals surface area contributed by atoms with E-state index in [1.54, 1.807) is 12.1 Å². The van der Waals surface area contributed by atoms with Gasteiger partial charge in [0.1, 0.15) is 5.82 Å². The number of benzene rings is 3. The van der Waals surface area contributed by atoms with Crippen molar-refractivity contribution < 1.29 is 9.18 Å². The molecule has 1 heterocycles. The highest BCUT2D eigenvalue weighted by atomic mass is 32.2. The van der Waals surface area contributed by atoms with Crippen molar-refractivity contribution in [1.82, 2.24) is 14.8 Å². The minimum atomic E-state index is -0.306. The van der Waals surface area contributed by atoms with E-state index in [0.717, 1.165) is 11.3 Å². The van der Waals surface area contributed by atoms with Gasteiger partial charge in [0.2, 0.25) is 0 Å². The van der Waals surface area contributed by atoms with Crippen molar-refractivity contribution in [3.05, 3.63) is 95.8 Å². The molecule has 1 fully saturated rings. The van der Waals surface area contributed by atoms with E-state index in [9.17, 15) is 9.18 Å². The third-order valence-corrected chi connectivity index (χ3v) is 7.32. The van der Waals surface area contributed by atoms with Crippen LogP contribution in [0.2, 0.25) is 0 Å². The van der Waals surface area contributed by atoms with Gasteiger partial charge in [-0.2, -0.15) is 0 Å². The first-order valence-corrected chi connectivity index (χ1v) is 12.7. The smallest absolute Gasteiger partial charge is 0.196 e. The van der Waals surface area contributed by atoms with E-state index in [-0.39, 0.29) is 17.4 Å². The molecule has 5 rings (SSSR count). The lowest BCUT2D eigenvalue weighted by atomic mass is 9.84. The first-order valence-electron chi connectivity index (χ1n) is 11.7. The van der Waals surface area contributed by atoms with E-state index in [4.69, 9.17) is 0 Å². The topological polar surface area (TPSA) is 47.8 Å². The highest BCUT2D eigenvalue weighted by Gasteiger charge is 2.19. The monoisotopic (exact) mass is 471 g/mol. The van der Waals surface area contributed by atoms with Crippen LogP contribution in [0, 0.1) is 5.82 Å². The molecule has 4 aromatic rings. The summed E-state index contributed by atoms with van der Waals surface area (Å²) in [6, 6.07) is 24.1. The zero-order valence-electron chi connectivity index (χ0n) is 18.9. The minimum Gasteiger partial charge on any atom is -0.293 e. The molecule has 0 bridgehead atoms. The molecule has 1 saturated carbocycles. The van der Waals surface area contributed by atoms with Gasteiger partial charge in [-0.05, 0) is 48.6 Å². The van der Waals surface area contributed by atoms with Gasteiger partial charge in [-0.15, -0.1) is 10.2 Å². The van der Waals surface area contributed by atoms with Gasteiger partial charge in [0, 0.05) is 16.8 Å². The molecule has 1 aliphatic carbocycles. The molecule has 1 aliphatic rings. The summed E-state index contributed by atoms with van der Waals surface area (Å²) in [4.78, 5) is 12.9. The summed E-state index contributed by atoms with van der Waals surface area (Å²) < 4.78 is 15.4. The third-order valence-electron chi connectivity index (χ3n) is 6.39. The van der Waals surface area contributed by atoms with Crippen molar-refractivity contribution in [3.63, 3.8) is 0 Å². The summed E-state index contributed by atoms with van der Waals surface area (Å²) in [5.41, 5.74) is 3.70. The van der Waals surface area contributed by atoms with Crippen molar-refractivity contribution >= 4 is 17.5 Å². The Bertz CT molecular complexity index is 1250. The fourth-order valence-electron chi connectivity index (χ4n) is 4.55. The van der Waals surface area contributed by atoms with Crippen LogP contribution in [0.1, 0.15) is 53.9 Å². The average molecular weight is 472 g/mol. The van der Waals surface area contributed by atoms with Crippen LogP contribution in [0.3, 0.4) is 0 Å². The number of carbonyl (C=O) groups excluding carboxylic acids is 1. The van der Waals surface area contributed by atoms with Crippen molar-refractivity contribution in [2.45, 2.75) is 43.2 Å². The molecule has 1 aromatic heterocycles. The quantitative estimate of drug-likeness (QED) is 0.213. The van der Waals surface area contributed by atoms with Gasteiger partial charge in [-0.1, -0.05) is 85.6 Å². The SMILES string of the molecule is O=C(CSc1nnc(-c2ccccc2)n1-c1ccc(F)cc1)c1ccc(C2CCCCC2)cc1. The van der Waals surface area contributed by atoms with Gasteiger partial charge in [-0.25, -0.2) is 4.39 Å². The highest BCUT2D eigenvalue weighted by Crippen LogP contribution is 2.33. The van der Waals surface area contributed by atoms with Crippen LogP contribution in [-0.2, 0) is 0 Å². The van der Waals surface area contributed by atoms with Crippen LogP contribution < -0.4 is 0 Å². The molecule has 0 N–H and O–H groups in total. The van der Waals surface area contributed by atoms with Gasteiger partial charge >= 0.3 is 0 Å². The summed E-state index contributed by atoms with van der Waals surface area (Å²) in [6.07, 6.45) is 6.40. The molecule has 172 valence electrons. The molecule has 0 atom stereocenters. The standard InChI is InChI=1S/C28H26FN3OS/c29-24-15-17-25(18-16-24)32-27(23-9-5-2-6-10-23)30-31-28(32)34-19-26(33)22-13-11-21(12-14-22)20-7-3-1-4-8-20/h2,5-6,9-18,20H,1,3-4,7-8,19H2. The van der Waals surface area contributed by atoms with Crippen LogP contribution in [0.25, 0.3) is 17.1 Å². The van der Waals surface area contributed by atoms with Gasteiger partial charge < -0.3 is 0 Å². The van der Waals surface area contributed by atoms with Gasteiger partial charge in [0.05, 0.1) is 5.75 Å². The summed E-state index contributed by atoms with van der Waals surface area (Å²) >= 11 is 1.34. The Morgan fingerprint density at radius 1 is 0.882 bits per heavy atom. The zero-order valence-corrected chi connectivity index (χ0v) is 19.7. The first kappa shape index (κ1) is 22.5. The van der Waals surface area contributed by atoms with Crippen molar-refractivity contribution in [3.8, 4) is 17.1 Å². The van der Waals surface area contributed by atoms with Crippen LogP contribution in [0.15, 0.2) is 84.0 Å². The number of rotatable bonds is 7. The van der Waals surface area contributed by atoms with Crippen LogP contribution in [0.4, 0.5) is 4.39 Å². The lowest BCUT2D eigenvalue weighted by Crippen LogP contribution is -2.07. The lowest BCUT2D eigenvalue weighted by Gasteiger charge is -2.22. The van der Waals surface area contributed by atoms with E-state index < -0.39 is 0 Å². The molecule has 6 heteroatoms. The Kier molecular flexibility index (Phi) is 6.86. The molecule has 0 spiro atoms. The summed E-state index contributed by atoms with van der Waals surface area (Å²) in [7, 11) is 0. The van der Waals surface area contributed by atoms with Crippen LogP contribution in [-0.4, -0.2) is 26.3 Å². The molecule has 0 aliphatic heterocycles. The zero-order chi connectivity index (χ0) is 23.3. The Balaban J connectivity index is 1.35. The number of nitrogens with zero attached hydrogens (tertiary/aromatic N) is 3. The molecule has 34 heavy (non-hydrogen) atoms. The van der Waals surface area contributed by atoms with E-state index in [0.29, 0.717) is 22.5 Å². The number of aromatic nitrogens is 3. The van der Waals surface area contributed by atoms with Crippen molar-refractivity contribution in [1.29, 1.82) is 0 Å². The molecule has 4 nitrogen and oxygen atoms in total.